The SMILES string of the molecule is CC(=O)OCC1=C(S(=O)(=O)Oc2ccc([N+](=O)[O-])cc2)N2C(=O)[C@@H](N)[C@@H]2SC1. The van der Waals surface area contributed by atoms with Crippen LogP contribution in [0, 0.1) is 10.1 Å². The highest BCUT2D eigenvalue weighted by molar-refractivity contribution is 8.00. The number of benzene rings is 1. The zero-order valence-electron chi connectivity index (χ0n) is 14.4. The Morgan fingerprint density at radius 2 is 2.04 bits per heavy atom. The second kappa shape index (κ2) is 7.41. The number of esters is 1. The van der Waals surface area contributed by atoms with E-state index in [2.05, 4.69) is 0 Å². The van der Waals surface area contributed by atoms with Crippen LogP contribution in [-0.4, -0.2) is 53.9 Å². The largest absolute Gasteiger partial charge is 0.461 e. The Morgan fingerprint density at radius 3 is 2.61 bits per heavy atom. The van der Waals surface area contributed by atoms with Gasteiger partial charge in [0.2, 0.25) is 5.91 Å². The van der Waals surface area contributed by atoms with Gasteiger partial charge >= 0.3 is 16.1 Å². The van der Waals surface area contributed by atoms with Gasteiger partial charge in [0.25, 0.3) is 5.69 Å². The summed E-state index contributed by atoms with van der Waals surface area (Å²) in [6.45, 7) is 0.845. The average molecular weight is 429 g/mol. The van der Waals surface area contributed by atoms with Crippen LogP contribution in [0.5, 0.6) is 5.75 Å². The Bertz CT molecular complexity index is 974. The van der Waals surface area contributed by atoms with E-state index in [9.17, 15) is 28.1 Å². The predicted octanol–water partition coefficient (Wildman–Crippen LogP) is 0.320. The zero-order chi connectivity index (χ0) is 20.6. The third-order valence-corrected chi connectivity index (χ3v) is 6.71. The maximum absolute atomic E-state index is 12.9. The van der Waals surface area contributed by atoms with Crippen molar-refractivity contribution >= 4 is 39.4 Å². The first-order valence-corrected chi connectivity index (χ1v) is 10.3. The van der Waals surface area contributed by atoms with Gasteiger partial charge in [-0.25, -0.2) is 0 Å². The minimum atomic E-state index is -4.50. The molecule has 2 N–H and O–H groups in total. The Balaban J connectivity index is 1.95. The fourth-order valence-electron chi connectivity index (χ4n) is 2.68. The second-order valence-electron chi connectivity index (χ2n) is 5.91. The number of rotatable bonds is 6. The summed E-state index contributed by atoms with van der Waals surface area (Å²) in [5.41, 5.74) is 5.67. The van der Waals surface area contributed by atoms with Crippen LogP contribution in [0.4, 0.5) is 5.69 Å². The smallest absolute Gasteiger partial charge is 0.355 e. The number of nitrogens with two attached hydrogens (primary N) is 1. The summed E-state index contributed by atoms with van der Waals surface area (Å²) in [6, 6.07) is 3.58. The van der Waals surface area contributed by atoms with Crippen molar-refractivity contribution in [1.82, 2.24) is 4.90 Å². The molecule has 1 saturated heterocycles. The average Bonchev–Trinajstić information content (AvgIpc) is 2.64. The summed E-state index contributed by atoms with van der Waals surface area (Å²) < 4.78 is 35.7. The highest BCUT2D eigenvalue weighted by Gasteiger charge is 2.54. The van der Waals surface area contributed by atoms with E-state index in [0.29, 0.717) is 0 Å². The van der Waals surface area contributed by atoms with Crippen LogP contribution in [0.15, 0.2) is 34.9 Å². The number of carbonyl (C=O) groups is 2. The van der Waals surface area contributed by atoms with Crippen LogP contribution in [-0.2, 0) is 24.4 Å². The molecule has 3 rings (SSSR count). The van der Waals surface area contributed by atoms with E-state index in [0.717, 1.165) is 29.2 Å². The molecule has 13 heteroatoms. The summed E-state index contributed by atoms with van der Waals surface area (Å²) in [6.07, 6.45) is 0. The van der Waals surface area contributed by atoms with Gasteiger partial charge in [0.1, 0.15) is 23.8 Å². The normalized spacial score (nSPS) is 21.6. The van der Waals surface area contributed by atoms with Crippen LogP contribution in [0.25, 0.3) is 0 Å². The van der Waals surface area contributed by atoms with Crippen molar-refractivity contribution in [3.63, 3.8) is 0 Å². The van der Waals surface area contributed by atoms with Crippen molar-refractivity contribution in [1.29, 1.82) is 0 Å². The number of carbonyl (C=O) groups excluding carboxylic acids is 2. The number of ether oxygens (including phenoxy) is 1. The molecular weight excluding hydrogens is 414 g/mol. The first-order chi connectivity index (χ1) is 13.1. The number of nitrogens with zero attached hydrogens (tertiary/aromatic N) is 2. The monoisotopic (exact) mass is 429 g/mol. The number of fused-ring (bicyclic) bond motifs is 1. The number of hydrogen-bond acceptors (Lipinski definition) is 10. The number of non-ortho nitro benzene ring substituents is 1. The standard InChI is InChI=1S/C15H15N3O8S2/c1-8(19)25-6-9-7-27-14-12(16)13(20)17(14)15(9)28(23,24)26-11-4-2-10(3-5-11)18(21)22/h2-5,12,14H,6-7,16H2,1H3/t12-,14+/m1/s1. The van der Waals surface area contributed by atoms with E-state index < -0.39 is 43.4 Å². The summed E-state index contributed by atoms with van der Waals surface area (Å²) in [5, 5.41) is 9.72. The van der Waals surface area contributed by atoms with Crippen molar-refractivity contribution in [3.8, 4) is 5.75 Å². The number of nitro groups is 1. The van der Waals surface area contributed by atoms with Crippen molar-refractivity contribution in [3.05, 3.63) is 45.0 Å². The lowest BCUT2D eigenvalue weighted by Gasteiger charge is -2.48. The van der Waals surface area contributed by atoms with Crippen LogP contribution in [0.1, 0.15) is 6.92 Å². The number of hydrogen-bond donors (Lipinski definition) is 1. The molecule has 0 bridgehead atoms. The molecule has 2 aliphatic heterocycles. The molecule has 2 atom stereocenters. The molecule has 11 nitrogen and oxygen atoms in total. The zero-order valence-corrected chi connectivity index (χ0v) is 16.1. The number of β-lactam (4-membered cyclic amide) rings is 1. The molecule has 0 unspecified atom stereocenters. The molecule has 2 aliphatic rings. The summed E-state index contributed by atoms with van der Waals surface area (Å²) >= 11 is 1.25. The molecule has 28 heavy (non-hydrogen) atoms. The number of amides is 1. The van der Waals surface area contributed by atoms with Crippen LogP contribution in [0.2, 0.25) is 0 Å². The molecule has 1 fully saturated rings. The van der Waals surface area contributed by atoms with E-state index in [1.54, 1.807) is 0 Å². The van der Waals surface area contributed by atoms with E-state index in [-0.39, 0.29) is 29.4 Å². The molecule has 1 amide bonds. The Labute approximate surface area is 163 Å². The molecule has 0 saturated carbocycles. The van der Waals surface area contributed by atoms with Crippen LogP contribution < -0.4 is 9.92 Å². The van der Waals surface area contributed by atoms with Gasteiger partial charge in [0.15, 0.2) is 5.03 Å². The molecule has 1 aromatic rings. The molecule has 1 aromatic carbocycles. The molecule has 150 valence electrons. The number of nitro benzene ring substituents is 1. The van der Waals surface area contributed by atoms with Gasteiger partial charge in [-0.15, -0.1) is 11.8 Å². The van der Waals surface area contributed by atoms with Gasteiger partial charge in [0, 0.05) is 30.4 Å². The Morgan fingerprint density at radius 1 is 1.39 bits per heavy atom. The Kier molecular flexibility index (Phi) is 5.32. The fraction of sp³-hybridized carbons (Fsp3) is 0.333. The van der Waals surface area contributed by atoms with E-state index >= 15 is 0 Å². The molecule has 0 aliphatic carbocycles. The highest BCUT2D eigenvalue weighted by Crippen LogP contribution is 2.42. The van der Waals surface area contributed by atoms with Crippen LogP contribution >= 0.6 is 11.8 Å². The molecule has 0 aromatic heterocycles. The van der Waals surface area contributed by atoms with Crippen molar-refractivity contribution in [2.75, 3.05) is 12.4 Å². The first kappa shape index (κ1) is 20.1. The third kappa shape index (κ3) is 3.68. The van der Waals surface area contributed by atoms with Gasteiger partial charge in [-0.1, -0.05) is 0 Å². The Hall–Kier alpha value is -2.64. The number of thioether (sulfide) groups is 1. The quantitative estimate of drug-likeness (QED) is 0.219. The fourth-order valence-corrected chi connectivity index (χ4v) is 5.48. The topological polar surface area (TPSA) is 159 Å². The maximum atomic E-state index is 12.9. The second-order valence-corrected chi connectivity index (χ2v) is 8.48. The lowest BCUT2D eigenvalue weighted by Crippen LogP contribution is -2.68. The molecule has 0 radical (unpaired) electrons. The minimum Gasteiger partial charge on any atom is -0.461 e. The van der Waals surface area contributed by atoms with Gasteiger partial charge in [-0.3, -0.25) is 24.6 Å². The van der Waals surface area contributed by atoms with E-state index in [1.807, 2.05) is 0 Å². The van der Waals surface area contributed by atoms with Gasteiger partial charge in [-0.05, 0) is 12.1 Å². The summed E-state index contributed by atoms with van der Waals surface area (Å²) in [4.78, 5) is 34.4. The van der Waals surface area contributed by atoms with Gasteiger partial charge < -0.3 is 14.7 Å². The van der Waals surface area contributed by atoms with Crippen molar-refractivity contribution < 1.29 is 31.9 Å². The lowest BCUT2D eigenvalue weighted by molar-refractivity contribution is -0.384. The predicted molar refractivity (Wildman–Crippen MR) is 97.4 cm³/mol. The van der Waals surface area contributed by atoms with Crippen molar-refractivity contribution in [2.24, 2.45) is 5.73 Å². The molecule has 2 heterocycles. The maximum Gasteiger partial charge on any atom is 0.355 e. The minimum absolute atomic E-state index is 0.169. The van der Waals surface area contributed by atoms with Crippen molar-refractivity contribution in [2.45, 2.75) is 18.3 Å². The van der Waals surface area contributed by atoms with E-state index in [1.165, 1.54) is 18.7 Å². The molecular formula is C15H15N3O8S2. The summed E-state index contributed by atoms with van der Waals surface area (Å²) in [7, 11) is -4.50. The molecule has 0 spiro atoms. The summed E-state index contributed by atoms with van der Waals surface area (Å²) in [5.74, 6) is -1.20. The highest BCUT2D eigenvalue weighted by atomic mass is 32.2. The third-order valence-electron chi connectivity index (χ3n) is 3.97. The van der Waals surface area contributed by atoms with Gasteiger partial charge in [-0.2, -0.15) is 8.42 Å². The van der Waals surface area contributed by atoms with E-state index in [4.69, 9.17) is 14.7 Å². The van der Waals surface area contributed by atoms with Crippen LogP contribution in [0.3, 0.4) is 0 Å². The van der Waals surface area contributed by atoms with Gasteiger partial charge in [0.05, 0.1) is 4.92 Å². The first-order valence-electron chi connectivity index (χ1n) is 7.86. The lowest BCUT2D eigenvalue weighted by atomic mass is 10.1.